The molecule has 1 atom stereocenters. The highest BCUT2D eigenvalue weighted by atomic mass is 16.5. The van der Waals surface area contributed by atoms with Gasteiger partial charge in [0.2, 0.25) is 11.8 Å². The van der Waals surface area contributed by atoms with Gasteiger partial charge in [0.15, 0.2) is 0 Å². The van der Waals surface area contributed by atoms with E-state index in [9.17, 15) is 9.59 Å². The molecule has 0 radical (unpaired) electrons. The van der Waals surface area contributed by atoms with E-state index in [1.807, 2.05) is 4.90 Å². The molecule has 3 aliphatic rings. The molecule has 124 valence electrons. The first-order valence-corrected chi connectivity index (χ1v) is 8.32. The van der Waals surface area contributed by atoms with Crippen molar-refractivity contribution in [2.24, 2.45) is 0 Å². The third kappa shape index (κ3) is 3.77. The van der Waals surface area contributed by atoms with E-state index in [0.29, 0.717) is 19.1 Å². The van der Waals surface area contributed by atoms with Gasteiger partial charge in [-0.25, -0.2) is 0 Å². The lowest BCUT2D eigenvalue weighted by Gasteiger charge is -2.34. The second-order valence-electron chi connectivity index (χ2n) is 6.29. The van der Waals surface area contributed by atoms with Crippen molar-refractivity contribution in [1.82, 2.24) is 20.0 Å². The van der Waals surface area contributed by atoms with Crippen LogP contribution >= 0.6 is 0 Å². The molecular weight excluding hydrogens is 284 g/mol. The van der Waals surface area contributed by atoms with E-state index < -0.39 is 0 Å². The fourth-order valence-corrected chi connectivity index (χ4v) is 3.50. The van der Waals surface area contributed by atoms with E-state index in [4.69, 9.17) is 4.74 Å². The molecule has 3 aliphatic heterocycles. The van der Waals surface area contributed by atoms with Gasteiger partial charge < -0.3 is 19.9 Å². The smallest absolute Gasteiger partial charge is 0.242 e. The first-order valence-electron chi connectivity index (χ1n) is 8.32. The maximum absolute atomic E-state index is 12.6. The number of hydrogen-bond acceptors (Lipinski definition) is 5. The summed E-state index contributed by atoms with van der Waals surface area (Å²) in [6.45, 7) is 7.24. The first kappa shape index (κ1) is 15.7. The predicted molar refractivity (Wildman–Crippen MR) is 81.4 cm³/mol. The zero-order chi connectivity index (χ0) is 15.4. The number of piperazine rings is 1. The molecule has 3 fully saturated rings. The van der Waals surface area contributed by atoms with Crippen molar-refractivity contribution in [3.05, 3.63) is 0 Å². The van der Waals surface area contributed by atoms with E-state index >= 15 is 0 Å². The molecule has 0 aliphatic carbocycles. The molecule has 0 spiro atoms. The van der Waals surface area contributed by atoms with Gasteiger partial charge in [-0.15, -0.1) is 0 Å². The van der Waals surface area contributed by atoms with Crippen molar-refractivity contribution in [2.75, 3.05) is 65.6 Å². The average Bonchev–Trinajstić information content (AvgIpc) is 2.99. The fourth-order valence-electron chi connectivity index (χ4n) is 3.50. The van der Waals surface area contributed by atoms with Crippen molar-refractivity contribution < 1.29 is 14.3 Å². The summed E-state index contributed by atoms with van der Waals surface area (Å²) in [4.78, 5) is 30.5. The van der Waals surface area contributed by atoms with Crippen LogP contribution in [0.25, 0.3) is 0 Å². The number of nitrogens with one attached hydrogen (secondary N) is 1. The molecule has 3 saturated heterocycles. The molecule has 0 aromatic rings. The zero-order valence-electron chi connectivity index (χ0n) is 13.1. The fraction of sp³-hybridized carbons (Fsp3) is 0.867. The van der Waals surface area contributed by atoms with Crippen LogP contribution in [0, 0.1) is 0 Å². The van der Waals surface area contributed by atoms with Crippen molar-refractivity contribution >= 4 is 11.8 Å². The Kier molecular flexibility index (Phi) is 5.28. The van der Waals surface area contributed by atoms with Crippen molar-refractivity contribution in [2.45, 2.75) is 18.9 Å². The van der Waals surface area contributed by atoms with Gasteiger partial charge in [0.25, 0.3) is 0 Å². The normalized spacial score (nSPS) is 27.5. The minimum Gasteiger partial charge on any atom is -0.379 e. The van der Waals surface area contributed by atoms with Crippen molar-refractivity contribution in [1.29, 1.82) is 0 Å². The Bertz CT molecular complexity index is 412. The number of carbonyl (C=O) groups is 2. The molecule has 0 bridgehead atoms. The maximum Gasteiger partial charge on any atom is 0.242 e. The number of rotatable bonds is 4. The van der Waals surface area contributed by atoms with Gasteiger partial charge in [0.1, 0.15) is 0 Å². The van der Waals surface area contributed by atoms with Crippen LogP contribution in [0.5, 0.6) is 0 Å². The number of likely N-dealkylation sites (tertiary alicyclic amines) is 1. The molecule has 22 heavy (non-hydrogen) atoms. The molecule has 1 N–H and O–H groups in total. The van der Waals surface area contributed by atoms with Gasteiger partial charge in [-0.1, -0.05) is 0 Å². The number of ether oxygens (including phenoxy) is 1. The summed E-state index contributed by atoms with van der Waals surface area (Å²) in [7, 11) is 0. The number of hydrogen-bond donors (Lipinski definition) is 1. The Hall–Kier alpha value is -1.18. The lowest BCUT2D eigenvalue weighted by Crippen LogP contribution is -2.53. The van der Waals surface area contributed by atoms with Crippen molar-refractivity contribution in [3.8, 4) is 0 Å². The molecule has 0 aromatic carbocycles. The second kappa shape index (κ2) is 7.39. The van der Waals surface area contributed by atoms with Crippen LogP contribution in [0.4, 0.5) is 0 Å². The molecule has 3 rings (SSSR count). The Labute approximate surface area is 131 Å². The Morgan fingerprint density at radius 1 is 1.23 bits per heavy atom. The molecule has 1 unspecified atom stereocenters. The van der Waals surface area contributed by atoms with Crippen molar-refractivity contribution in [3.63, 3.8) is 0 Å². The number of morpholine rings is 1. The molecular formula is C15H26N4O3. The highest BCUT2D eigenvalue weighted by Crippen LogP contribution is 2.19. The van der Waals surface area contributed by atoms with Gasteiger partial charge in [-0.05, 0) is 12.8 Å². The summed E-state index contributed by atoms with van der Waals surface area (Å²) >= 11 is 0. The standard InChI is InChI=1S/C15H26N4O3/c20-14-10-16-3-5-18(14)12-15(21)19-4-1-2-13(19)11-17-6-8-22-9-7-17/h13,16H,1-12H2. The summed E-state index contributed by atoms with van der Waals surface area (Å²) < 4.78 is 5.38. The van der Waals surface area contributed by atoms with Gasteiger partial charge >= 0.3 is 0 Å². The summed E-state index contributed by atoms with van der Waals surface area (Å²) in [6.07, 6.45) is 2.13. The molecule has 0 aromatic heterocycles. The zero-order valence-corrected chi connectivity index (χ0v) is 13.1. The number of amides is 2. The topological polar surface area (TPSA) is 65.1 Å². The van der Waals surface area contributed by atoms with Gasteiger partial charge in [-0.3, -0.25) is 14.5 Å². The third-order valence-corrected chi connectivity index (χ3v) is 4.78. The summed E-state index contributed by atoms with van der Waals surface area (Å²) in [5.74, 6) is 0.134. The van der Waals surface area contributed by atoms with Crippen LogP contribution in [0.3, 0.4) is 0 Å². The number of carbonyl (C=O) groups excluding carboxylic acids is 2. The Morgan fingerprint density at radius 2 is 2.05 bits per heavy atom. The van der Waals surface area contributed by atoms with Crippen LogP contribution < -0.4 is 5.32 Å². The molecule has 0 saturated carbocycles. The van der Waals surface area contributed by atoms with E-state index in [2.05, 4.69) is 10.2 Å². The summed E-state index contributed by atoms with van der Waals surface area (Å²) in [6, 6.07) is 0.295. The largest absolute Gasteiger partial charge is 0.379 e. The maximum atomic E-state index is 12.6. The van der Waals surface area contributed by atoms with Crippen LogP contribution in [0.1, 0.15) is 12.8 Å². The van der Waals surface area contributed by atoms with Gasteiger partial charge in [0.05, 0.1) is 26.3 Å². The minimum absolute atomic E-state index is 0.0310. The minimum atomic E-state index is 0.0310. The average molecular weight is 310 g/mol. The van der Waals surface area contributed by atoms with Gasteiger partial charge in [-0.2, -0.15) is 0 Å². The van der Waals surface area contributed by atoms with E-state index in [1.165, 1.54) is 0 Å². The number of nitrogens with zero attached hydrogens (tertiary/aromatic N) is 3. The van der Waals surface area contributed by atoms with Crippen LogP contribution in [0.15, 0.2) is 0 Å². The monoisotopic (exact) mass is 310 g/mol. The van der Waals surface area contributed by atoms with Gasteiger partial charge in [0, 0.05) is 45.3 Å². The molecule has 7 nitrogen and oxygen atoms in total. The van der Waals surface area contributed by atoms with E-state index in [1.54, 1.807) is 4.90 Å². The quantitative estimate of drug-likeness (QED) is 0.702. The van der Waals surface area contributed by atoms with Crippen LogP contribution in [0.2, 0.25) is 0 Å². The Morgan fingerprint density at radius 3 is 2.82 bits per heavy atom. The summed E-state index contributed by atoms with van der Waals surface area (Å²) in [5, 5.41) is 3.04. The molecule has 3 heterocycles. The predicted octanol–water partition coefficient (Wildman–Crippen LogP) is -1.26. The van der Waals surface area contributed by atoms with E-state index in [0.717, 1.165) is 58.8 Å². The highest BCUT2D eigenvalue weighted by Gasteiger charge is 2.32. The third-order valence-electron chi connectivity index (χ3n) is 4.78. The molecule has 2 amide bonds. The van der Waals surface area contributed by atoms with Crippen LogP contribution in [-0.4, -0.2) is 98.1 Å². The van der Waals surface area contributed by atoms with Crippen LogP contribution in [-0.2, 0) is 14.3 Å². The van der Waals surface area contributed by atoms with E-state index in [-0.39, 0.29) is 18.4 Å². The first-order chi connectivity index (χ1) is 10.7. The lowest BCUT2D eigenvalue weighted by atomic mass is 10.2. The SMILES string of the molecule is O=C1CNCCN1CC(=O)N1CCCC1CN1CCOCC1. The lowest BCUT2D eigenvalue weighted by molar-refractivity contribution is -0.141. The summed E-state index contributed by atoms with van der Waals surface area (Å²) in [5.41, 5.74) is 0. The Balaban J connectivity index is 1.52. The molecule has 7 heteroatoms. The highest BCUT2D eigenvalue weighted by molar-refractivity contribution is 5.86. The second-order valence-corrected chi connectivity index (χ2v) is 6.29.